The molecular formula is C17H15N3O2S. The number of nitriles is 1. The van der Waals surface area contributed by atoms with E-state index in [2.05, 4.69) is 24.3 Å². The van der Waals surface area contributed by atoms with E-state index >= 15 is 0 Å². The Balaban J connectivity index is 1.95. The minimum Gasteiger partial charge on any atom is -0.454 e. The molecule has 0 saturated carbocycles. The monoisotopic (exact) mass is 325 g/mol. The van der Waals surface area contributed by atoms with E-state index in [0.29, 0.717) is 6.42 Å². The first kappa shape index (κ1) is 14.1. The predicted octanol–water partition coefficient (Wildman–Crippen LogP) is 3.73. The summed E-state index contributed by atoms with van der Waals surface area (Å²) < 4.78 is 13.0. The van der Waals surface area contributed by atoms with Crippen LogP contribution in [0.5, 0.6) is 11.5 Å². The SMILES string of the molecule is CCc1c(C)sc2nc(-c3ccc4c(c3)OCO4)c(CC#N)n12. The summed E-state index contributed by atoms with van der Waals surface area (Å²) in [5, 5.41) is 9.26. The van der Waals surface area contributed by atoms with Gasteiger partial charge in [0.1, 0.15) is 0 Å². The molecule has 0 aliphatic carbocycles. The van der Waals surface area contributed by atoms with Crippen LogP contribution in [-0.4, -0.2) is 16.2 Å². The van der Waals surface area contributed by atoms with Crippen molar-refractivity contribution in [3.05, 3.63) is 34.5 Å². The van der Waals surface area contributed by atoms with Crippen molar-refractivity contribution in [2.75, 3.05) is 6.79 Å². The molecule has 0 atom stereocenters. The van der Waals surface area contributed by atoms with Gasteiger partial charge in [-0.05, 0) is 31.5 Å². The molecule has 0 saturated heterocycles. The van der Waals surface area contributed by atoms with Gasteiger partial charge in [0.2, 0.25) is 6.79 Å². The van der Waals surface area contributed by atoms with Crippen molar-refractivity contribution in [1.82, 2.24) is 9.38 Å². The van der Waals surface area contributed by atoms with Crippen LogP contribution in [0.25, 0.3) is 16.2 Å². The number of aryl methyl sites for hydroxylation is 2. The largest absolute Gasteiger partial charge is 0.454 e. The van der Waals surface area contributed by atoms with Gasteiger partial charge in [-0.15, -0.1) is 11.3 Å². The van der Waals surface area contributed by atoms with Gasteiger partial charge in [0, 0.05) is 16.1 Å². The second kappa shape index (κ2) is 5.28. The Kier molecular flexibility index (Phi) is 3.24. The zero-order chi connectivity index (χ0) is 16.0. The Hall–Kier alpha value is -2.52. The molecule has 0 bridgehead atoms. The Morgan fingerprint density at radius 3 is 2.91 bits per heavy atom. The van der Waals surface area contributed by atoms with E-state index < -0.39 is 0 Å². The van der Waals surface area contributed by atoms with Crippen molar-refractivity contribution < 1.29 is 9.47 Å². The summed E-state index contributed by atoms with van der Waals surface area (Å²) in [4.78, 5) is 6.99. The fourth-order valence-corrected chi connectivity index (χ4v) is 4.13. The van der Waals surface area contributed by atoms with Crippen LogP contribution < -0.4 is 9.47 Å². The van der Waals surface area contributed by atoms with Crippen molar-refractivity contribution >= 4 is 16.3 Å². The number of benzene rings is 1. The van der Waals surface area contributed by atoms with E-state index in [9.17, 15) is 5.26 Å². The molecule has 0 fully saturated rings. The molecule has 4 rings (SSSR count). The summed E-state index contributed by atoms with van der Waals surface area (Å²) in [7, 11) is 0. The Morgan fingerprint density at radius 1 is 1.30 bits per heavy atom. The fraction of sp³-hybridized carbons (Fsp3) is 0.294. The summed E-state index contributed by atoms with van der Waals surface area (Å²) in [6.07, 6.45) is 1.25. The molecule has 3 heterocycles. The van der Waals surface area contributed by atoms with Crippen molar-refractivity contribution in [1.29, 1.82) is 5.26 Å². The van der Waals surface area contributed by atoms with E-state index in [1.165, 1.54) is 10.6 Å². The number of imidazole rings is 1. The van der Waals surface area contributed by atoms with E-state index in [1.54, 1.807) is 11.3 Å². The van der Waals surface area contributed by atoms with Gasteiger partial charge in [0.25, 0.3) is 0 Å². The number of hydrogen-bond donors (Lipinski definition) is 0. The smallest absolute Gasteiger partial charge is 0.231 e. The maximum Gasteiger partial charge on any atom is 0.231 e. The normalized spacial score (nSPS) is 12.7. The molecule has 0 radical (unpaired) electrons. The third-order valence-electron chi connectivity index (χ3n) is 4.09. The molecule has 23 heavy (non-hydrogen) atoms. The van der Waals surface area contributed by atoms with Crippen LogP contribution in [-0.2, 0) is 12.8 Å². The van der Waals surface area contributed by atoms with Gasteiger partial charge in [-0.1, -0.05) is 6.92 Å². The molecule has 3 aromatic rings. The highest BCUT2D eigenvalue weighted by atomic mass is 32.1. The number of aromatic nitrogens is 2. The van der Waals surface area contributed by atoms with Crippen LogP contribution in [0.2, 0.25) is 0 Å². The Bertz CT molecular complexity index is 949. The first-order valence-electron chi connectivity index (χ1n) is 7.49. The lowest BCUT2D eigenvalue weighted by Gasteiger charge is -2.05. The summed E-state index contributed by atoms with van der Waals surface area (Å²) in [5.41, 5.74) is 3.98. The lowest BCUT2D eigenvalue weighted by molar-refractivity contribution is 0.174. The molecule has 1 aliphatic rings. The van der Waals surface area contributed by atoms with E-state index in [0.717, 1.165) is 39.8 Å². The van der Waals surface area contributed by atoms with Gasteiger partial charge < -0.3 is 9.47 Å². The third kappa shape index (κ3) is 2.08. The van der Waals surface area contributed by atoms with E-state index in [-0.39, 0.29) is 6.79 Å². The molecule has 0 spiro atoms. The number of hydrogen-bond acceptors (Lipinski definition) is 5. The predicted molar refractivity (Wildman–Crippen MR) is 88.1 cm³/mol. The van der Waals surface area contributed by atoms with Crippen molar-refractivity contribution in [2.24, 2.45) is 0 Å². The molecule has 116 valence electrons. The standard InChI is InChI=1S/C17H15N3O2S/c1-3-12-10(2)23-17-19-16(13(6-7-18)20(12)17)11-4-5-14-15(8-11)22-9-21-14/h4-5,8H,3,6,9H2,1-2H3. The first-order chi connectivity index (χ1) is 11.2. The van der Waals surface area contributed by atoms with Crippen LogP contribution in [0.4, 0.5) is 0 Å². The van der Waals surface area contributed by atoms with E-state index in [4.69, 9.17) is 14.5 Å². The maximum atomic E-state index is 9.26. The van der Waals surface area contributed by atoms with Gasteiger partial charge in [0.05, 0.1) is 23.9 Å². The summed E-state index contributed by atoms with van der Waals surface area (Å²) in [6.45, 7) is 4.49. The highest BCUT2D eigenvalue weighted by Gasteiger charge is 2.21. The number of thiazole rings is 1. The van der Waals surface area contributed by atoms with Crippen LogP contribution in [0.15, 0.2) is 18.2 Å². The van der Waals surface area contributed by atoms with Gasteiger partial charge in [-0.3, -0.25) is 4.40 Å². The van der Waals surface area contributed by atoms with Gasteiger partial charge >= 0.3 is 0 Å². The lowest BCUT2D eigenvalue weighted by Crippen LogP contribution is -1.98. The van der Waals surface area contributed by atoms with Crippen molar-refractivity contribution in [3.63, 3.8) is 0 Å². The summed E-state index contributed by atoms with van der Waals surface area (Å²) in [6, 6.07) is 8.08. The zero-order valence-corrected chi connectivity index (χ0v) is 13.7. The van der Waals surface area contributed by atoms with Gasteiger partial charge in [-0.25, -0.2) is 4.98 Å². The van der Waals surface area contributed by atoms with Gasteiger partial charge in [0.15, 0.2) is 16.5 Å². The van der Waals surface area contributed by atoms with Crippen molar-refractivity contribution in [2.45, 2.75) is 26.7 Å². The zero-order valence-electron chi connectivity index (χ0n) is 12.9. The molecule has 2 aromatic heterocycles. The van der Waals surface area contributed by atoms with Gasteiger partial charge in [-0.2, -0.15) is 5.26 Å². The number of ether oxygens (including phenoxy) is 2. The Labute approximate surface area is 137 Å². The number of fused-ring (bicyclic) bond motifs is 2. The highest BCUT2D eigenvalue weighted by molar-refractivity contribution is 7.17. The summed E-state index contributed by atoms with van der Waals surface area (Å²) in [5.74, 6) is 1.48. The first-order valence-corrected chi connectivity index (χ1v) is 8.31. The van der Waals surface area contributed by atoms with E-state index in [1.807, 2.05) is 18.2 Å². The average Bonchev–Trinajstić information content (AvgIpc) is 3.21. The maximum absolute atomic E-state index is 9.26. The highest BCUT2D eigenvalue weighted by Crippen LogP contribution is 2.38. The van der Waals surface area contributed by atoms with Crippen LogP contribution in [0.3, 0.4) is 0 Å². The molecular weight excluding hydrogens is 310 g/mol. The summed E-state index contributed by atoms with van der Waals surface area (Å²) >= 11 is 1.67. The fourth-order valence-electron chi connectivity index (χ4n) is 3.05. The average molecular weight is 325 g/mol. The topological polar surface area (TPSA) is 59.5 Å². The van der Waals surface area contributed by atoms with Crippen molar-refractivity contribution in [3.8, 4) is 28.8 Å². The van der Waals surface area contributed by atoms with Crippen LogP contribution >= 0.6 is 11.3 Å². The minimum atomic E-state index is 0.251. The molecule has 0 amide bonds. The molecule has 1 aliphatic heterocycles. The molecule has 1 aromatic carbocycles. The van der Waals surface area contributed by atoms with Crippen LogP contribution in [0, 0.1) is 18.3 Å². The molecule has 0 N–H and O–H groups in total. The second-order valence-corrected chi connectivity index (χ2v) is 6.57. The Morgan fingerprint density at radius 2 is 2.13 bits per heavy atom. The lowest BCUT2D eigenvalue weighted by atomic mass is 10.1. The number of rotatable bonds is 3. The second-order valence-electron chi connectivity index (χ2n) is 5.39. The quantitative estimate of drug-likeness (QED) is 0.736. The number of nitrogens with zero attached hydrogens (tertiary/aromatic N) is 3. The molecule has 0 unspecified atom stereocenters. The third-order valence-corrected chi connectivity index (χ3v) is 5.09. The minimum absolute atomic E-state index is 0.251. The molecule has 6 heteroatoms. The molecule has 5 nitrogen and oxygen atoms in total. The van der Waals surface area contributed by atoms with Crippen LogP contribution in [0.1, 0.15) is 23.2 Å².